The molecule has 1 heterocycles. The summed E-state index contributed by atoms with van der Waals surface area (Å²) in [7, 11) is 0. The van der Waals surface area contributed by atoms with Gasteiger partial charge in [-0.25, -0.2) is 4.79 Å². The van der Waals surface area contributed by atoms with E-state index in [9.17, 15) is 9.59 Å². The fourth-order valence-corrected chi connectivity index (χ4v) is 4.11. The Morgan fingerprint density at radius 1 is 0.800 bits per heavy atom. The first-order valence-corrected chi connectivity index (χ1v) is 11.8. The summed E-state index contributed by atoms with van der Waals surface area (Å²) in [6.07, 6.45) is 0. The van der Waals surface area contributed by atoms with E-state index in [1.54, 1.807) is 23.6 Å². The molecule has 0 saturated heterocycles. The fraction of sp³-hybridized carbons (Fsp3) is 0.148. The van der Waals surface area contributed by atoms with Crippen LogP contribution in [0.4, 0.5) is 11.5 Å². The van der Waals surface area contributed by atoms with E-state index < -0.39 is 11.5 Å². The van der Waals surface area contributed by atoms with Gasteiger partial charge in [0.25, 0.3) is 5.56 Å². The molecule has 3 aromatic carbocycles. The van der Waals surface area contributed by atoms with Gasteiger partial charge < -0.3 is 15.4 Å². The number of esters is 1. The lowest BCUT2D eigenvalue weighted by Gasteiger charge is -2.21. The lowest BCUT2D eigenvalue weighted by Crippen LogP contribution is -2.33. The molecule has 4 rings (SSSR count). The van der Waals surface area contributed by atoms with Crippen molar-refractivity contribution in [2.75, 3.05) is 30.3 Å². The van der Waals surface area contributed by atoms with Crippen molar-refractivity contribution in [2.45, 2.75) is 6.92 Å². The molecule has 0 spiro atoms. The Kier molecular flexibility index (Phi) is 7.74. The summed E-state index contributed by atoms with van der Waals surface area (Å²) in [4.78, 5) is 26.8. The number of carbonyl (C=O) groups is 1. The van der Waals surface area contributed by atoms with Crippen LogP contribution >= 0.6 is 12.2 Å². The van der Waals surface area contributed by atoms with Crippen LogP contribution in [0, 0.1) is 4.77 Å². The van der Waals surface area contributed by atoms with Crippen LogP contribution < -0.4 is 16.2 Å². The summed E-state index contributed by atoms with van der Waals surface area (Å²) >= 11 is 5.82. The molecule has 0 aliphatic heterocycles. The van der Waals surface area contributed by atoms with Crippen molar-refractivity contribution in [3.8, 4) is 11.4 Å². The Balaban J connectivity index is 1.85. The first kappa shape index (κ1) is 24.0. The van der Waals surface area contributed by atoms with Gasteiger partial charge in [-0.05, 0) is 55.5 Å². The number of aromatic nitrogens is 2. The third-order valence-electron chi connectivity index (χ3n) is 5.29. The van der Waals surface area contributed by atoms with Crippen molar-refractivity contribution in [3.63, 3.8) is 0 Å². The lowest BCUT2D eigenvalue weighted by molar-refractivity contribution is 0.0524. The highest BCUT2D eigenvalue weighted by Crippen LogP contribution is 2.22. The predicted octanol–water partition coefficient (Wildman–Crippen LogP) is 5.06. The molecule has 0 radical (unpaired) electrons. The normalized spacial score (nSPS) is 10.5. The standard InChI is InChI=1S/C27H26N4O3S/c1-2-34-26(33)23-24(29-19-18-28-20-12-6-3-7-13-20)30(21-14-8-4-9-15-21)27(35)31(25(23)32)22-16-10-5-11-17-22/h3-17,28-29H,2,18-19H2,1H3. The molecule has 0 amide bonds. The van der Waals surface area contributed by atoms with Gasteiger partial charge in [0.05, 0.1) is 12.3 Å². The molecule has 0 aliphatic carbocycles. The third-order valence-corrected chi connectivity index (χ3v) is 5.65. The Morgan fingerprint density at radius 3 is 1.89 bits per heavy atom. The number of anilines is 2. The maximum atomic E-state index is 13.7. The Labute approximate surface area is 208 Å². The Bertz CT molecular complexity index is 1400. The number of ether oxygens (including phenoxy) is 1. The molecule has 0 unspecified atom stereocenters. The highest BCUT2D eigenvalue weighted by molar-refractivity contribution is 7.71. The minimum atomic E-state index is -0.708. The van der Waals surface area contributed by atoms with Gasteiger partial charge in [-0.3, -0.25) is 13.9 Å². The van der Waals surface area contributed by atoms with Crippen LogP contribution in [0.25, 0.3) is 11.4 Å². The highest BCUT2D eigenvalue weighted by Gasteiger charge is 2.25. The van der Waals surface area contributed by atoms with Crippen LogP contribution in [0.5, 0.6) is 0 Å². The SMILES string of the molecule is CCOC(=O)c1c(NCCNc2ccccc2)n(-c2ccccc2)c(=S)n(-c2ccccc2)c1=O. The van der Waals surface area contributed by atoms with E-state index >= 15 is 0 Å². The first-order chi connectivity index (χ1) is 17.1. The molecular weight excluding hydrogens is 460 g/mol. The average molecular weight is 487 g/mol. The largest absolute Gasteiger partial charge is 0.462 e. The van der Waals surface area contributed by atoms with Crippen molar-refractivity contribution >= 4 is 29.7 Å². The molecule has 0 aliphatic rings. The van der Waals surface area contributed by atoms with Crippen molar-refractivity contribution < 1.29 is 9.53 Å². The number of nitrogens with zero attached hydrogens (tertiary/aromatic N) is 2. The second-order valence-corrected chi connectivity index (χ2v) is 7.96. The summed E-state index contributed by atoms with van der Waals surface area (Å²) in [5, 5.41) is 6.59. The molecule has 0 atom stereocenters. The van der Waals surface area contributed by atoms with Crippen molar-refractivity contribution in [2.24, 2.45) is 0 Å². The van der Waals surface area contributed by atoms with E-state index in [1.165, 1.54) is 4.57 Å². The number of para-hydroxylation sites is 3. The van der Waals surface area contributed by atoms with E-state index in [4.69, 9.17) is 17.0 Å². The van der Waals surface area contributed by atoms with Gasteiger partial charge in [-0.1, -0.05) is 54.6 Å². The zero-order valence-electron chi connectivity index (χ0n) is 19.3. The second kappa shape index (κ2) is 11.3. The number of hydrogen-bond donors (Lipinski definition) is 2. The zero-order valence-corrected chi connectivity index (χ0v) is 20.1. The first-order valence-electron chi connectivity index (χ1n) is 11.3. The molecule has 2 N–H and O–H groups in total. The maximum Gasteiger partial charge on any atom is 0.347 e. The number of benzene rings is 3. The minimum absolute atomic E-state index is 0.104. The monoisotopic (exact) mass is 486 g/mol. The van der Waals surface area contributed by atoms with Crippen molar-refractivity contribution in [1.82, 2.24) is 9.13 Å². The zero-order chi connectivity index (χ0) is 24.6. The van der Waals surface area contributed by atoms with E-state index in [-0.39, 0.29) is 16.9 Å². The van der Waals surface area contributed by atoms with Gasteiger partial charge in [0.1, 0.15) is 5.82 Å². The molecule has 7 nitrogen and oxygen atoms in total. The average Bonchev–Trinajstić information content (AvgIpc) is 2.88. The van der Waals surface area contributed by atoms with Crippen LogP contribution in [0.3, 0.4) is 0 Å². The molecule has 8 heteroatoms. The lowest BCUT2D eigenvalue weighted by atomic mass is 10.2. The summed E-state index contributed by atoms with van der Waals surface area (Å²) in [6, 6.07) is 28.2. The predicted molar refractivity (Wildman–Crippen MR) is 142 cm³/mol. The van der Waals surface area contributed by atoms with Gasteiger partial charge in [0.2, 0.25) is 0 Å². The maximum absolute atomic E-state index is 13.7. The molecular formula is C27H26N4O3S. The molecule has 0 saturated carbocycles. The van der Waals surface area contributed by atoms with Crippen LogP contribution in [-0.2, 0) is 4.74 Å². The van der Waals surface area contributed by atoms with E-state index in [0.29, 0.717) is 30.3 Å². The second-order valence-electron chi connectivity index (χ2n) is 7.59. The summed E-state index contributed by atoms with van der Waals surface area (Å²) in [5.41, 5.74) is 1.61. The van der Waals surface area contributed by atoms with Crippen LogP contribution in [0.2, 0.25) is 0 Å². The summed E-state index contributed by atoms with van der Waals surface area (Å²) in [6.45, 7) is 2.82. The quantitative estimate of drug-likeness (QED) is 0.196. The molecule has 0 bridgehead atoms. The van der Waals surface area contributed by atoms with Crippen molar-refractivity contribution in [1.29, 1.82) is 0 Å². The number of rotatable bonds is 9. The fourth-order valence-electron chi connectivity index (χ4n) is 3.73. The molecule has 178 valence electrons. The molecule has 0 fully saturated rings. The molecule has 1 aromatic heterocycles. The molecule has 35 heavy (non-hydrogen) atoms. The van der Waals surface area contributed by atoms with Crippen LogP contribution in [0.1, 0.15) is 17.3 Å². The smallest absolute Gasteiger partial charge is 0.347 e. The third kappa shape index (κ3) is 5.33. The van der Waals surface area contributed by atoms with Gasteiger partial charge >= 0.3 is 5.97 Å². The van der Waals surface area contributed by atoms with Gasteiger partial charge in [-0.2, -0.15) is 0 Å². The molecule has 4 aromatic rings. The van der Waals surface area contributed by atoms with E-state index in [1.807, 2.05) is 78.9 Å². The number of carbonyl (C=O) groups excluding carboxylic acids is 1. The van der Waals surface area contributed by atoms with Crippen LogP contribution in [0.15, 0.2) is 95.8 Å². The Hall–Kier alpha value is -4.17. The van der Waals surface area contributed by atoms with E-state index in [0.717, 1.165) is 5.69 Å². The topological polar surface area (TPSA) is 77.3 Å². The van der Waals surface area contributed by atoms with Gasteiger partial charge in [0.15, 0.2) is 10.3 Å². The minimum Gasteiger partial charge on any atom is -0.462 e. The Morgan fingerprint density at radius 2 is 1.31 bits per heavy atom. The van der Waals surface area contributed by atoms with Crippen molar-refractivity contribution in [3.05, 3.63) is 112 Å². The van der Waals surface area contributed by atoms with Gasteiger partial charge in [-0.15, -0.1) is 0 Å². The summed E-state index contributed by atoms with van der Waals surface area (Å²) < 4.78 is 8.60. The number of hydrogen-bond acceptors (Lipinski definition) is 6. The van der Waals surface area contributed by atoms with Crippen LogP contribution in [-0.4, -0.2) is 34.8 Å². The van der Waals surface area contributed by atoms with E-state index in [2.05, 4.69) is 10.6 Å². The highest BCUT2D eigenvalue weighted by atomic mass is 32.1. The number of nitrogens with one attached hydrogen (secondary N) is 2. The summed E-state index contributed by atoms with van der Waals surface area (Å²) in [5.74, 6) is -0.410. The van der Waals surface area contributed by atoms with Gasteiger partial charge in [0, 0.05) is 24.5 Å².